The lowest BCUT2D eigenvalue weighted by Crippen LogP contribution is -2.31. The molecule has 0 amide bonds. The molecule has 0 rings (SSSR count). The Balaban J connectivity index is 3.73. The molecule has 0 bridgehead atoms. The molecule has 0 aromatic rings. The number of hydrogen-bond acceptors (Lipinski definition) is 6. The fraction of sp³-hybridized carbons (Fsp3) is 0.867. The van der Waals surface area contributed by atoms with Crippen LogP contribution in [-0.2, 0) is 23.8 Å². The van der Waals surface area contributed by atoms with Gasteiger partial charge in [-0.05, 0) is 20.0 Å². The summed E-state index contributed by atoms with van der Waals surface area (Å²) in [5.41, 5.74) is 0. The maximum absolute atomic E-state index is 11.7. The standard InChI is InChI=1S/C15H29NO5/c1-6-16(7-2)8-9-20-15(18)13(5)19-10-11-21-14(17)12(3)4/h12-13H,6-11H2,1-5H3. The van der Waals surface area contributed by atoms with Gasteiger partial charge in [-0.2, -0.15) is 0 Å². The van der Waals surface area contributed by atoms with Crippen LogP contribution in [0.1, 0.15) is 34.6 Å². The largest absolute Gasteiger partial charge is 0.463 e. The number of likely N-dealkylation sites (N-methyl/N-ethyl adjacent to an activating group) is 1. The highest BCUT2D eigenvalue weighted by atomic mass is 16.6. The Labute approximate surface area is 127 Å². The van der Waals surface area contributed by atoms with Crippen LogP contribution in [0.15, 0.2) is 0 Å². The molecule has 0 aliphatic carbocycles. The van der Waals surface area contributed by atoms with Crippen molar-refractivity contribution in [2.45, 2.75) is 40.7 Å². The van der Waals surface area contributed by atoms with E-state index in [2.05, 4.69) is 18.7 Å². The lowest BCUT2D eigenvalue weighted by molar-refractivity contribution is -0.159. The summed E-state index contributed by atoms with van der Waals surface area (Å²) < 4.78 is 15.4. The van der Waals surface area contributed by atoms with Gasteiger partial charge in [0.1, 0.15) is 13.2 Å². The summed E-state index contributed by atoms with van der Waals surface area (Å²) >= 11 is 0. The summed E-state index contributed by atoms with van der Waals surface area (Å²) in [5, 5.41) is 0. The fourth-order valence-corrected chi connectivity index (χ4v) is 1.53. The van der Waals surface area contributed by atoms with Gasteiger partial charge in [-0.25, -0.2) is 4.79 Å². The Morgan fingerprint density at radius 2 is 1.48 bits per heavy atom. The predicted octanol–water partition coefficient (Wildman–Crippen LogP) is 1.48. The number of esters is 2. The molecule has 0 fully saturated rings. The maximum atomic E-state index is 11.7. The number of rotatable bonds is 11. The number of carbonyl (C=O) groups is 2. The molecule has 0 N–H and O–H groups in total. The minimum absolute atomic E-state index is 0.147. The smallest absolute Gasteiger partial charge is 0.335 e. The summed E-state index contributed by atoms with van der Waals surface area (Å²) in [6.45, 7) is 12.6. The van der Waals surface area contributed by atoms with Crippen molar-refractivity contribution in [3.8, 4) is 0 Å². The summed E-state index contributed by atoms with van der Waals surface area (Å²) in [7, 11) is 0. The topological polar surface area (TPSA) is 65.1 Å². The molecule has 0 aromatic heterocycles. The van der Waals surface area contributed by atoms with E-state index in [4.69, 9.17) is 14.2 Å². The van der Waals surface area contributed by atoms with E-state index in [1.54, 1.807) is 20.8 Å². The Morgan fingerprint density at radius 3 is 2.00 bits per heavy atom. The van der Waals surface area contributed by atoms with E-state index >= 15 is 0 Å². The molecule has 1 atom stereocenters. The van der Waals surface area contributed by atoms with E-state index in [9.17, 15) is 9.59 Å². The predicted molar refractivity (Wildman–Crippen MR) is 80.0 cm³/mol. The second-order valence-electron chi connectivity index (χ2n) is 5.03. The first-order valence-corrected chi connectivity index (χ1v) is 7.59. The van der Waals surface area contributed by atoms with E-state index in [0.717, 1.165) is 19.6 Å². The molecule has 0 aliphatic rings. The third kappa shape index (κ3) is 9.42. The Morgan fingerprint density at radius 1 is 0.905 bits per heavy atom. The zero-order chi connectivity index (χ0) is 16.3. The van der Waals surface area contributed by atoms with Crippen molar-refractivity contribution in [2.24, 2.45) is 5.92 Å². The Hall–Kier alpha value is -1.14. The monoisotopic (exact) mass is 303 g/mol. The van der Waals surface area contributed by atoms with Crippen LogP contribution in [-0.4, -0.2) is 62.4 Å². The second kappa shape index (κ2) is 11.5. The normalized spacial score (nSPS) is 12.5. The molecule has 0 saturated heterocycles. The number of ether oxygens (including phenoxy) is 3. The van der Waals surface area contributed by atoms with Crippen molar-refractivity contribution in [3.05, 3.63) is 0 Å². The quantitative estimate of drug-likeness (QED) is 0.425. The molecule has 0 spiro atoms. The highest BCUT2D eigenvalue weighted by molar-refractivity contribution is 5.74. The molecule has 124 valence electrons. The van der Waals surface area contributed by atoms with Crippen molar-refractivity contribution in [3.63, 3.8) is 0 Å². The molecule has 6 nitrogen and oxygen atoms in total. The second-order valence-corrected chi connectivity index (χ2v) is 5.03. The van der Waals surface area contributed by atoms with Crippen LogP contribution < -0.4 is 0 Å². The van der Waals surface area contributed by atoms with Crippen LogP contribution in [0.5, 0.6) is 0 Å². The molecule has 0 radical (unpaired) electrons. The molecule has 0 aliphatic heterocycles. The Kier molecular flexibility index (Phi) is 10.9. The molecule has 21 heavy (non-hydrogen) atoms. The zero-order valence-corrected chi connectivity index (χ0v) is 13.9. The lowest BCUT2D eigenvalue weighted by Gasteiger charge is -2.18. The molecule has 6 heteroatoms. The first-order chi connectivity index (χ1) is 9.92. The fourth-order valence-electron chi connectivity index (χ4n) is 1.53. The van der Waals surface area contributed by atoms with E-state index < -0.39 is 12.1 Å². The first-order valence-electron chi connectivity index (χ1n) is 7.59. The number of carbonyl (C=O) groups excluding carboxylic acids is 2. The average Bonchev–Trinajstić information content (AvgIpc) is 2.47. The zero-order valence-electron chi connectivity index (χ0n) is 13.9. The highest BCUT2D eigenvalue weighted by Crippen LogP contribution is 1.98. The van der Waals surface area contributed by atoms with Crippen molar-refractivity contribution in [1.29, 1.82) is 0 Å². The molecule has 1 unspecified atom stereocenters. The van der Waals surface area contributed by atoms with Crippen LogP contribution in [0, 0.1) is 5.92 Å². The average molecular weight is 303 g/mol. The van der Waals surface area contributed by atoms with Gasteiger partial charge in [0, 0.05) is 6.54 Å². The van der Waals surface area contributed by atoms with E-state index in [-0.39, 0.29) is 25.1 Å². The van der Waals surface area contributed by atoms with E-state index in [1.807, 2.05) is 0 Å². The lowest BCUT2D eigenvalue weighted by atomic mass is 10.2. The summed E-state index contributed by atoms with van der Waals surface area (Å²) in [4.78, 5) is 25.0. The van der Waals surface area contributed by atoms with Crippen LogP contribution in [0.2, 0.25) is 0 Å². The highest BCUT2D eigenvalue weighted by Gasteiger charge is 2.15. The van der Waals surface area contributed by atoms with E-state index in [0.29, 0.717) is 6.61 Å². The number of hydrogen-bond donors (Lipinski definition) is 0. The van der Waals surface area contributed by atoms with Gasteiger partial charge in [0.2, 0.25) is 0 Å². The van der Waals surface area contributed by atoms with Crippen LogP contribution in [0.4, 0.5) is 0 Å². The van der Waals surface area contributed by atoms with Gasteiger partial charge in [0.25, 0.3) is 0 Å². The minimum Gasteiger partial charge on any atom is -0.463 e. The van der Waals surface area contributed by atoms with Gasteiger partial charge in [0.15, 0.2) is 6.10 Å². The minimum atomic E-state index is -0.653. The van der Waals surface area contributed by atoms with Gasteiger partial charge < -0.3 is 19.1 Å². The maximum Gasteiger partial charge on any atom is 0.335 e. The van der Waals surface area contributed by atoms with Crippen LogP contribution in [0.3, 0.4) is 0 Å². The van der Waals surface area contributed by atoms with Crippen molar-refractivity contribution < 1.29 is 23.8 Å². The molecular weight excluding hydrogens is 274 g/mol. The first kappa shape index (κ1) is 19.9. The van der Waals surface area contributed by atoms with Gasteiger partial charge in [0.05, 0.1) is 12.5 Å². The number of nitrogens with zero attached hydrogens (tertiary/aromatic N) is 1. The van der Waals surface area contributed by atoms with Gasteiger partial charge in [-0.1, -0.05) is 27.7 Å². The third-order valence-electron chi connectivity index (χ3n) is 3.05. The van der Waals surface area contributed by atoms with E-state index in [1.165, 1.54) is 0 Å². The van der Waals surface area contributed by atoms with Gasteiger partial charge in [-0.15, -0.1) is 0 Å². The van der Waals surface area contributed by atoms with Crippen molar-refractivity contribution in [2.75, 3.05) is 39.5 Å². The molecule has 0 heterocycles. The van der Waals surface area contributed by atoms with Gasteiger partial charge >= 0.3 is 11.9 Å². The third-order valence-corrected chi connectivity index (χ3v) is 3.05. The molecular formula is C15H29NO5. The summed E-state index contributed by atoms with van der Waals surface area (Å²) in [6.07, 6.45) is -0.653. The summed E-state index contributed by atoms with van der Waals surface area (Å²) in [6, 6.07) is 0. The molecule has 0 saturated carbocycles. The summed E-state index contributed by atoms with van der Waals surface area (Å²) in [5.74, 6) is -0.821. The van der Waals surface area contributed by atoms with Gasteiger partial charge in [-0.3, -0.25) is 4.79 Å². The SMILES string of the molecule is CCN(CC)CCOC(=O)C(C)OCCOC(=O)C(C)C. The van der Waals surface area contributed by atoms with Crippen LogP contribution >= 0.6 is 0 Å². The Bertz CT molecular complexity index is 302. The van der Waals surface area contributed by atoms with Crippen molar-refractivity contribution >= 4 is 11.9 Å². The van der Waals surface area contributed by atoms with Crippen molar-refractivity contribution in [1.82, 2.24) is 4.90 Å². The molecule has 0 aromatic carbocycles. The van der Waals surface area contributed by atoms with Crippen LogP contribution in [0.25, 0.3) is 0 Å².